The number of aliphatic imine (C=N–C) groups is 1. The Hall–Kier alpha value is -2.69. The molecule has 5 nitrogen and oxygen atoms in total. The van der Waals surface area contributed by atoms with Gasteiger partial charge in [0.05, 0.1) is 16.0 Å². The van der Waals surface area contributed by atoms with Gasteiger partial charge < -0.3 is 4.90 Å². The zero-order valence-electron chi connectivity index (χ0n) is 14.1. The van der Waals surface area contributed by atoms with E-state index in [1.807, 2.05) is 12.1 Å². The summed E-state index contributed by atoms with van der Waals surface area (Å²) >= 11 is 0. The third-order valence-corrected chi connectivity index (χ3v) is 6.19. The molecule has 0 saturated carbocycles. The molecule has 0 aromatic heterocycles. The lowest BCUT2D eigenvalue weighted by Gasteiger charge is -2.47. The van der Waals surface area contributed by atoms with Crippen molar-refractivity contribution in [2.75, 3.05) is 11.4 Å². The molecule has 0 N–H and O–H groups in total. The van der Waals surface area contributed by atoms with Crippen molar-refractivity contribution >= 4 is 22.8 Å². The van der Waals surface area contributed by atoms with E-state index in [1.165, 1.54) is 5.56 Å². The molecule has 3 aliphatic rings. The van der Waals surface area contributed by atoms with Crippen molar-refractivity contribution in [2.24, 2.45) is 4.99 Å². The topological polar surface area (TPSA) is 58.7 Å². The van der Waals surface area contributed by atoms with E-state index in [0.717, 1.165) is 48.5 Å². The van der Waals surface area contributed by atoms with Crippen LogP contribution in [0.1, 0.15) is 30.9 Å². The number of nitrogens with zero attached hydrogens (tertiary/aromatic N) is 3. The predicted octanol–water partition coefficient (Wildman–Crippen LogP) is 4.16. The van der Waals surface area contributed by atoms with Crippen molar-refractivity contribution in [2.45, 2.75) is 37.6 Å². The van der Waals surface area contributed by atoms with Gasteiger partial charge in [-0.3, -0.25) is 15.1 Å². The molecule has 2 unspecified atom stereocenters. The van der Waals surface area contributed by atoms with Gasteiger partial charge >= 0.3 is 0 Å². The molecule has 3 heterocycles. The fraction of sp³-hybridized carbons (Fsp3) is 0.350. The Bertz CT molecular complexity index is 936. The quantitative estimate of drug-likeness (QED) is 0.581. The maximum Gasteiger partial charge on any atom is 0.269 e. The second-order valence-electron chi connectivity index (χ2n) is 7.28. The second-order valence-corrected chi connectivity index (χ2v) is 7.28. The summed E-state index contributed by atoms with van der Waals surface area (Å²) in [7, 11) is 0. The third kappa shape index (κ3) is 1.81. The predicted molar refractivity (Wildman–Crippen MR) is 98.1 cm³/mol. The SMILES string of the molecule is CC1=Nc2ccccc2C12Cc1cc([N+](=O)[O-])ccc1N1CCCC12. The van der Waals surface area contributed by atoms with E-state index in [9.17, 15) is 10.1 Å². The molecular weight excluding hydrogens is 314 g/mol. The molecule has 0 bridgehead atoms. The molecule has 126 valence electrons. The van der Waals surface area contributed by atoms with Crippen LogP contribution in [0, 0.1) is 10.1 Å². The number of non-ortho nitro benzene ring substituents is 1. The molecule has 1 saturated heterocycles. The standard InChI is InChI=1S/C20H19N3O2/c1-13-20(16-5-2-3-6-17(16)21-13)12-14-11-15(23(24)25)8-9-18(14)22-10-4-7-19(20)22/h2-3,5-6,8-9,11,19H,4,7,10,12H2,1H3. The minimum absolute atomic E-state index is 0.157. The van der Waals surface area contributed by atoms with Crippen LogP contribution in [0.25, 0.3) is 0 Å². The summed E-state index contributed by atoms with van der Waals surface area (Å²) in [5.74, 6) is 0. The summed E-state index contributed by atoms with van der Waals surface area (Å²) in [6.45, 7) is 3.13. The first kappa shape index (κ1) is 14.6. The number of fused-ring (bicyclic) bond motifs is 6. The van der Waals surface area contributed by atoms with Gasteiger partial charge in [0, 0.05) is 36.1 Å². The van der Waals surface area contributed by atoms with Crippen LogP contribution in [0.2, 0.25) is 0 Å². The van der Waals surface area contributed by atoms with E-state index >= 15 is 0 Å². The van der Waals surface area contributed by atoms with Gasteiger partial charge in [0.2, 0.25) is 0 Å². The zero-order chi connectivity index (χ0) is 17.2. The first-order valence-corrected chi connectivity index (χ1v) is 8.80. The zero-order valence-corrected chi connectivity index (χ0v) is 14.1. The monoisotopic (exact) mass is 333 g/mol. The fourth-order valence-electron chi connectivity index (χ4n) is 5.16. The lowest BCUT2D eigenvalue weighted by atomic mass is 9.65. The lowest BCUT2D eigenvalue weighted by molar-refractivity contribution is -0.384. The number of hydrogen-bond donors (Lipinski definition) is 0. The second kappa shape index (κ2) is 4.91. The number of para-hydroxylation sites is 1. The van der Waals surface area contributed by atoms with Crippen LogP contribution in [-0.2, 0) is 11.8 Å². The van der Waals surface area contributed by atoms with Crippen LogP contribution < -0.4 is 4.90 Å². The molecule has 2 atom stereocenters. The molecule has 25 heavy (non-hydrogen) atoms. The molecule has 1 spiro atoms. The summed E-state index contributed by atoms with van der Waals surface area (Å²) in [4.78, 5) is 18.3. The molecule has 1 fully saturated rings. The van der Waals surface area contributed by atoms with Crippen LogP contribution in [0.4, 0.5) is 17.1 Å². The van der Waals surface area contributed by atoms with Crippen molar-refractivity contribution in [1.29, 1.82) is 0 Å². The fourth-order valence-corrected chi connectivity index (χ4v) is 5.16. The molecule has 0 radical (unpaired) electrons. The number of nitro groups is 1. The Balaban J connectivity index is 1.74. The van der Waals surface area contributed by atoms with Gasteiger partial charge in [-0.25, -0.2) is 0 Å². The largest absolute Gasteiger partial charge is 0.367 e. The van der Waals surface area contributed by atoms with E-state index < -0.39 is 0 Å². The smallest absolute Gasteiger partial charge is 0.269 e. The van der Waals surface area contributed by atoms with Crippen LogP contribution in [0.15, 0.2) is 47.5 Å². The summed E-state index contributed by atoms with van der Waals surface area (Å²) in [6, 6.07) is 14.1. The van der Waals surface area contributed by atoms with E-state index in [-0.39, 0.29) is 16.0 Å². The summed E-state index contributed by atoms with van der Waals surface area (Å²) in [6.07, 6.45) is 3.08. The molecule has 5 heteroatoms. The van der Waals surface area contributed by atoms with Crippen LogP contribution in [0.5, 0.6) is 0 Å². The van der Waals surface area contributed by atoms with Crippen molar-refractivity contribution in [3.05, 3.63) is 63.7 Å². The Labute approximate surface area is 146 Å². The van der Waals surface area contributed by atoms with Gasteiger partial charge in [0.1, 0.15) is 0 Å². The van der Waals surface area contributed by atoms with Crippen molar-refractivity contribution in [3.63, 3.8) is 0 Å². The van der Waals surface area contributed by atoms with Crippen molar-refractivity contribution in [3.8, 4) is 0 Å². The Morgan fingerprint density at radius 2 is 2.12 bits per heavy atom. The highest BCUT2D eigenvalue weighted by molar-refractivity contribution is 6.02. The first-order chi connectivity index (χ1) is 12.1. The number of hydrogen-bond acceptors (Lipinski definition) is 4. The van der Waals surface area contributed by atoms with E-state index in [4.69, 9.17) is 4.99 Å². The number of rotatable bonds is 1. The minimum atomic E-state index is -0.299. The van der Waals surface area contributed by atoms with Gasteiger partial charge in [-0.2, -0.15) is 0 Å². The molecular formula is C20H19N3O2. The summed E-state index contributed by atoms with van der Waals surface area (Å²) in [5, 5.41) is 11.3. The lowest BCUT2D eigenvalue weighted by Crippen LogP contribution is -2.55. The molecule has 5 rings (SSSR count). The Kier molecular flexibility index (Phi) is 2.87. The number of benzene rings is 2. The minimum Gasteiger partial charge on any atom is -0.367 e. The van der Waals surface area contributed by atoms with E-state index in [0.29, 0.717) is 6.04 Å². The highest BCUT2D eigenvalue weighted by Gasteiger charge is 2.54. The molecule has 0 aliphatic carbocycles. The maximum atomic E-state index is 11.3. The average Bonchev–Trinajstić information content (AvgIpc) is 3.20. The molecule has 2 aromatic carbocycles. The Morgan fingerprint density at radius 3 is 2.96 bits per heavy atom. The van der Waals surface area contributed by atoms with Gasteiger partial charge in [0.15, 0.2) is 0 Å². The number of anilines is 1. The van der Waals surface area contributed by atoms with Gasteiger partial charge in [0.25, 0.3) is 5.69 Å². The summed E-state index contributed by atoms with van der Waals surface area (Å²) < 4.78 is 0. The highest BCUT2D eigenvalue weighted by Crippen LogP contribution is 2.53. The first-order valence-electron chi connectivity index (χ1n) is 8.80. The van der Waals surface area contributed by atoms with Gasteiger partial charge in [-0.15, -0.1) is 0 Å². The summed E-state index contributed by atoms with van der Waals surface area (Å²) in [5.41, 5.74) is 5.72. The molecule has 3 aliphatic heterocycles. The van der Waals surface area contributed by atoms with Crippen molar-refractivity contribution in [1.82, 2.24) is 0 Å². The van der Waals surface area contributed by atoms with Crippen molar-refractivity contribution < 1.29 is 4.92 Å². The Morgan fingerprint density at radius 1 is 1.28 bits per heavy atom. The van der Waals surface area contributed by atoms with Crippen LogP contribution >= 0.6 is 0 Å². The van der Waals surface area contributed by atoms with Crippen LogP contribution in [0.3, 0.4) is 0 Å². The number of nitro benzene ring substituents is 1. The van der Waals surface area contributed by atoms with Crippen LogP contribution in [-0.4, -0.2) is 23.2 Å². The van der Waals surface area contributed by atoms with E-state index in [1.54, 1.807) is 12.1 Å². The third-order valence-electron chi connectivity index (χ3n) is 6.19. The average molecular weight is 333 g/mol. The van der Waals surface area contributed by atoms with E-state index in [2.05, 4.69) is 30.0 Å². The molecule has 0 amide bonds. The highest BCUT2D eigenvalue weighted by atomic mass is 16.6. The van der Waals surface area contributed by atoms with Gasteiger partial charge in [-0.1, -0.05) is 18.2 Å². The normalized spacial score (nSPS) is 26.2. The molecule has 2 aromatic rings. The maximum absolute atomic E-state index is 11.3. The van der Waals surface area contributed by atoms with Gasteiger partial charge in [-0.05, 0) is 49.4 Å².